The first-order chi connectivity index (χ1) is 10.5. The van der Waals surface area contributed by atoms with Gasteiger partial charge in [0.1, 0.15) is 6.17 Å². The van der Waals surface area contributed by atoms with Crippen LogP contribution in [-0.2, 0) is 0 Å². The van der Waals surface area contributed by atoms with Crippen molar-refractivity contribution in [1.29, 1.82) is 0 Å². The molecule has 0 aromatic rings. The van der Waals surface area contributed by atoms with Crippen molar-refractivity contribution in [1.82, 2.24) is 0 Å². The lowest BCUT2D eigenvalue weighted by molar-refractivity contribution is 0.0444. The summed E-state index contributed by atoms with van der Waals surface area (Å²) in [6, 6.07) is 0. The van der Waals surface area contributed by atoms with Crippen LogP contribution in [0.3, 0.4) is 0 Å². The topological polar surface area (TPSA) is 0 Å². The largest absolute Gasteiger partial charge is 0.247 e. The summed E-state index contributed by atoms with van der Waals surface area (Å²) in [6.45, 7) is 9.37. The quantitative estimate of drug-likeness (QED) is 0.494. The van der Waals surface area contributed by atoms with Gasteiger partial charge in [-0.25, -0.2) is 4.39 Å². The number of halogens is 1. The Morgan fingerprint density at radius 3 is 2.23 bits per heavy atom. The zero-order valence-corrected chi connectivity index (χ0v) is 15.5. The molecule has 1 heteroatoms. The van der Waals surface area contributed by atoms with Crippen LogP contribution in [0, 0.1) is 35.5 Å². The van der Waals surface area contributed by atoms with Gasteiger partial charge in [-0.15, -0.1) is 0 Å². The molecule has 2 rings (SSSR count). The zero-order valence-electron chi connectivity index (χ0n) is 15.5. The second-order valence-electron chi connectivity index (χ2n) is 8.84. The fraction of sp³-hybridized carbons (Fsp3) is 1.00. The first-order valence-electron chi connectivity index (χ1n) is 10.1. The average Bonchev–Trinajstić information content (AvgIpc) is 2.53. The summed E-state index contributed by atoms with van der Waals surface area (Å²) >= 11 is 0. The third-order valence-electron chi connectivity index (χ3n) is 7.15. The van der Waals surface area contributed by atoms with Gasteiger partial charge < -0.3 is 0 Å². The molecule has 0 amide bonds. The van der Waals surface area contributed by atoms with E-state index in [4.69, 9.17) is 0 Å². The molecule has 5 atom stereocenters. The highest BCUT2D eigenvalue weighted by Crippen LogP contribution is 2.44. The third-order valence-corrected chi connectivity index (χ3v) is 7.15. The molecule has 0 heterocycles. The van der Waals surface area contributed by atoms with Crippen LogP contribution in [0.1, 0.15) is 91.9 Å². The average molecular weight is 311 g/mol. The molecule has 0 aromatic heterocycles. The van der Waals surface area contributed by atoms with E-state index < -0.39 is 6.17 Å². The molecule has 5 unspecified atom stereocenters. The van der Waals surface area contributed by atoms with E-state index in [-0.39, 0.29) is 0 Å². The molecular weight excluding hydrogens is 271 g/mol. The van der Waals surface area contributed by atoms with Crippen molar-refractivity contribution in [2.75, 3.05) is 0 Å². The van der Waals surface area contributed by atoms with Crippen LogP contribution in [0.5, 0.6) is 0 Å². The van der Waals surface area contributed by atoms with Crippen molar-refractivity contribution in [3.63, 3.8) is 0 Å². The molecule has 0 aromatic carbocycles. The van der Waals surface area contributed by atoms with Crippen molar-refractivity contribution >= 4 is 0 Å². The summed E-state index contributed by atoms with van der Waals surface area (Å²) in [5, 5.41) is 0. The Balaban J connectivity index is 1.77. The van der Waals surface area contributed by atoms with Crippen molar-refractivity contribution in [2.24, 2.45) is 35.5 Å². The lowest BCUT2D eigenvalue weighted by Gasteiger charge is -2.41. The van der Waals surface area contributed by atoms with E-state index in [1.54, 1.807) is 0 Å². The molecule has 22 heavy (non-hydrogen) atoms. The predicted molar refractivity (Wildman–Crippen MR) is 94.7 cm³/mol. The molecule has 2 saturated carbocycles. The Bertz CT molecular complexity index is 305. The standard InChI is InChI=1S/C21H39F/c1-5-15(2)6-9-17(4)19-12-13-20(21(22)14-19)18-10-7-16(3)8-11-18/h15-21H,5-14H2,1-4H3. The zero-order chi connectivity index (χ0) is 16.1. The molecule has 0 bridgehead atoms. The van der Waals surface area contributed by atoms with Crippen molar-refractivity contribution < 1.29 is 4.39 Å². The minimum absolute atomic E-state index is 0.394. The third kappa shape index (κ3) is 4.96. The number of rotatable bonds is 6. The van der Waals surface area contributed by atoms with Crippen LogP contribution in [0.4, 0.5) is 4.39 Å². The van der Waals surface area contributed by atoms with Gasteiger partial charge in [-0.2, -0.15) is 0 Å². The van der Waals surface area contributed by atoms with Gasteiger partial charge >= 0.3 is 0 Å². The highest BCUT2D eigenvalue weighted by Gasteiger charge is 2.38. The Labute approximate surface area is 138 Å². The van der Waals surface area contributed by atoms with E-state index in [9.17, 15) is 4.39 Å². The highest BCUT2D eigenvalue weighted by atomic mass is 19.1. The van der Waals surface area contributed by atoms with Gasteiger partial charge in [0.05, 0.1) is 0 Å². The van der Waals surface area contributed by atoms with Crippen molar-refractivity contribution in [3.8, 4) is 0 Å². The molecule has 0 spiro atoms. The highest BCUT2D eigenvalue weighted by molar-refractivity contribution is 4.88. The maximum Gasteiger partial charge on any atom is 0.103 e. The summed E-state index contributed by atoms with van der Waals surface area (Å²) in [6.07, 6.45) is 12.0. The van der Waals surface area contributed by atoms with E-state index in [0.717, 1.165) is 24.2 Å². The molecule has 2 aliphatic rings. The molecule has 0 aliphatic heterocycles. The van der Waals surface area contributed by atoms with Gasteiger partial charge in [-0.3, -0.25) is 0 Å². The number of hydrogen-bond donors (Lipinski definition) is 0. The van der Waals surface area contributed by atoms with Gasteiger partial charge in [-0.05, 0) is 67.6 Å². The number of alkyl halides is 1. The Morgan fingerprint density at radius 1 is 0.955 bits per heavy atom. The molecule has 130 valence electrons. The molecule has 2 fully saturated rings. The Kier molecular flexibility index (Phi) is 7.22. The van der Waals surface area contributed by atoms with Crippen LogP contribution in [-0.4, -0.2) is 6.17 Å². The van der Waals surface area contributed by atoms with Gasteiger partial charge in [0.15, 0.2) is 0 Å². The lowest BCUT2D eigenvalue weighted by Crippen LogP contribution is -2.35. The van der Waals surface area contributed by atoms with Gasteiger partial charge in [0.25, 0.3) is 0 Å². The Morgan fingerprint density at radius 2 is 1.64 bits per heavy atom. The molecule has 2 aliphatic carbocycles. The molecular formula is C21H39F. The first kappa shape index (κ1) is 18.3. The van der Waals surface area contributed by atoms with E-state index in [1.165, 1.54) is 57.8 Å². The smallest absolute Gasteiger partial charge is 0.103 e. The summed E-state index contributed by atoms with van der Waals surface area (Å²) in [7, 11) is 0. The minimum Gasteiger partial charge on any atom is -0.247 e. The number of hydrogen-bond acceptors (Lipinski definition) is 0. The lowest BCUT2D eigenvalue weighted by atomic mass is 9.66. The van der Waals surface area contributed by atoms with E-state index in [1.807, 2.05) is 0 Å². The second kappa shape index (κ2) is 8.69. The normalized spacial score (nSPS) is 39.4. The molecule has 0 saturated heterocycles. The molecule has 0 N–H and O–H groups in total. The first-order valence-corrected chi connectivity index (χ1v) is 10.1. The fourth-order valence-corrected chi connectivity index (χ4v) is 4.92. The monoisotopic (exact) mass is 310 g/mol. The van der Waals surface area contributed by atoms with Crippen LogP contribution < -0.4 is 0 Å². The molecule has 0 nitrogen and oxygen atoms in total. The fourth-order valence-electron chi connectivity index (χ4n) is 4.92. The van der Waals surface area contributed by atoms with E-state index >= 15 is 0 Å². The minimum atomic E-state index is -0.511. The van der Waals surface area contributed by atoms with E-state index in [2.05, 4.69) is 27.7 Å². The maximum absolute atomic E-state index is 14.8. The van der Waals surface area contributed by atoms with Crippen LogP contribution in [0.25, 0.3) is 0 Å². The maximum atomic E-state index is 14.8. The second-order valence-corrected chi connectivity index (χ2v) is 8.84. The SMILES string of the molecule is CCC(C)CCC(C)C1CCC(C2CCC(C)CC2)C(F)C1. The van der Waals surface area contributed by atoms with Crippen LogP contribution >= 0.6 is 0 Å². The Hall–Kier alpha value is -0.0700. The van der Waals surface area contributed by atoms with E-state index in [0.29, 0.717) is 17.8 Å². The summed E-state index contributed by atoms with van der Waals surface area (Å²) in [5.41, 5.74) is 0. The summed E-state index contributed by atoms with van der Waals surface area (Å²) in [5.74, 6) is 4.18. The van der Waals surface area contributed by atoms with Gasteiger partial charge in [0.2, 0.25) is 0 Å². The van der Waals surface area contributed by atoms with Gasteiger partial charge in [-0.1, -0.05) is 59.8 Å². The summed E-state index contributed by atoms with van der Waals surface area (Å²) < 4.78 is 14.8. The summed E-state index contributed by atoms with van der Waals surface area (Å²) in [4.78, 5) is 0. The van der Waals surface area contributed by atoms with Crippen LogP contribution in [0.15, 0.2) is 0 Å². The van der Waals surface area contributed by atoms with Crippen molar-refractivity contribution in [3.05, 3.63) is 0 Å². The van der Waals surface area contributed by atoms with Gasteiger partial charge in [0, 0.05) is 0 Å². The predicted octanol–water partition coefficient (Wildman–Crippen LogP) is 7.03. The van der Waals surface area contributed by atoms with Crippen LogP contribution in [0.2, 0.25) is 0 Å². The molecule has 0 radical (unpaired) electrons. The van der Waals surface area contributed by atoms with Crippen molar-refractivity contribution in [2.45, 2.75) is 98.1 Å².